The summed E-state index contributed by atoms with van der Waals surface area (Å²) in [5, 5.41) is 0. The van der Waals surface area contributed by atoms with E-state index < -0.39 is 16.0 Å². The molecule has 1 aliphatic rings. The fourth-order valence-electron chi connectivity index (χ4n) is 3.27. The summed E-state index contributed by atoms with van der Waals surface area (Å²) in [7, 11) is -2.33. The summed E-state index contributed by atoms with van der Waals surface area (Å²) in [5.74, 6) is 0.489. The summed E-state index contributed by atoms with van der Waals surface area (Å²) in [5.41, 5.74) is 0.211. The quantitative estimate of drug-likeness (QED) is 0.706. The summed E-state index contributed by atoms with van der Waals surface area (Å²) in [6.07, 6.45) is 1.00. The number of esters is 1. The van der Waals surface area contributed by atoms with Gasteiger partial charge in [0.2, 0.25) is 10.0 Å². The molecule has 26 heavy (non-hydrogen) atoms. The number of nitrogens with zero attached hydrogens (tertiary/aromatic N) is 1. The van der Waals surface area contributed by atoms with Crippen molar-refractivity contribution in [1.29, 1.82) is 0 Å². The Labute approximate surface area is 156 Å². The lowest BCUT2D eigenvalue weighted by atomic mass is 9.94. The van der Waals surface area contributed by atoms with E-state index in [2.05, 4.69) is 13.8 Å². The standard InChI is InChI=1S/C19H29NO5S/c1-13(2)12-25-19(21)16-6-7-17(24-5)18(9-16)26(22,23)20-10-14(3)8-15(4)11-20/h6-7,9,13-15H,8,10-12H2,1-5H3. The summed E-state index contributed by atoms with van der Waals surface area (Å²) < 4.78 is 38.4. The zero-order chi connectivity index (χ0) is 19.5. The Balaban J connectivity index is 2.36. The van der Waals surface area contributed by atoms with Crippen LogP contribution in [0.3, 0.4) is 0 Å². The summed E-state index contributed by atoms with van der Waals surface area (Å²) >= 11 is 0. The molecule has 0 saturated carbocycles. The number of benzene rings is 1. The Morgan fingerprint density at radius 2 is 1.85 bits per heavy atom. The predicted octanol–water partition coefficient (Wildman–Crippen LogP) is 3.17. The molecule has 7 heteroatoms. The van der Waals surface area contributed by atoms with Crippen molar-refractivity contribution in [3.63, 3.8) is 0 Å². The van der Waals surface area contributed by atoms with Crippen LogP contribution in [-0.2, 0) is 14.8 Å². The number of hydrogen-bond donors (Lipinski definition) is 0. The molecule has 1 heterocycles. The number of ether oxygens (including phenoxy) is 2. The molecule has 0 aliphatic carbocycles. The Hall–Kier alpha value is -1.60. The monoisotopic (exact) mass is 383 g/mol. The Kier molecular flexibility index (Phi) is 6.69. The molecule has 0 bridgehead atoms. The van der Waals surface area contributed by atoms with E-state index in [1.165, 1.54) is 29.6 Å². The lowest BCUT2D eigenvalue weighted by molar-refractivity contribution is 0.0458. The first-order valence-corrected chi connectivity index (χ1v) is 10.4. The van der Waals surface area contributed by atoms with Gasteiger partial charge in [-0.15, -0.1) is 0 Å². The zero-order valence-electron chi connectivity index (χ0n) is 16.2. The van der Waals surface area contributed by atoms with Crippen LogP contribution < -0.4 is 4.74 Å². The molecule has 146 valence electrons. The number of rotatable bonds is 6. The lowest BCUT2D eigenvalue weighted by Gasteiger charge is -2.34. The van der Waals surface area contributed by atoms with Crippen molar-refractivity contribution >= 4 is 16.0 Å². The van der Waals surface area contributed by atoms with Crippen molar-refractivity contribution in [3.8, 4) is 5.75 Å². The molecule has 2 atom stereocenters. The van der Waals surface area contributed by atoms with Gasteiger partial charge in [-0.2, -0.15) is 4.31 Å². The highest BCUT2D eigenvalue weighted by atomic mass is 32.2. The second-order valence-corrected chi connectivity index (χ2v) is 9.53. The lowest BCUT2D eigenvalue weighted by Crippen LogP contribution is -2.42. The molecule has 0 aromatic heterocycles. The van der Waals surface area contributed by atoms with Crippen LogP contribution in [0.4, 0.5) is 0 Å². The fourth-order valence-corrected chi connectivity index (χ4v) is 5.13. The van der Waals surface area contributed by atoms with E-state index in [9.17, 15) is 13.2 Å². The first-order chi connectivity index (χ1) is 12.1. The minimum atomic E-state index is -3.76. The molecule has 1 fully saturated rings. The molecule has 1 aliphatic heterocycles. The third kappa shape index (κ3) is 4.76. The van der Waals surface area contributed by atoms with Gasteiger partial charge in [-0.25, -0.2) is 13.2 Å². The van der Waals surface area contributed by atoms with Gasteiger partial charge in [0.05, 0.1) is 19.3 Å². The van der Waals surface area contributed by atoms with Gasteiger partial charge in [0.1, 0.15) is 10.6 Å². The maximum atomic E-state index is 13.2. The van der Waals surface area contributed by atoms with Crippen molar-refractivity contribution in [3.05, 3.63) is 23.8 Å². The van der Waals surface area contributed by atoms with Crippen molar-refractivity contribution in [1.82, 2.24) is 4.31 Å². The molecular formula is C19H29NO5S. The van der Waals surface area contributed by atoms with Gasteiger partial charge >= 0.3 is 5.97 Å². The smallest absolute Gasteiger partial charge is 0.338 e. The van der Waals surface area contributed by atoms with Gasteiger partial charge in [-0.05, 0) is 42.4 Å². The highest BCUT2D eigenvalue weighted by Gasteiger charge is 2.34. The molecule has 2 unspecified atom stereocenters. The summed E-state index contributed by atoms with van der Waals surface area (Å²) in [6.45, 7) is 9.21. The highest BCUT2D eigenvalue weighted by Crippen LogP contribution is 2.32. The number of carbonyl (C=O) groups is 1. The Morgan fingerprint density at radius 1 is 1.23 bits per heavy atom. The number of hydrogen-bond acceptors (Lipinski definition) is 5. The van der Waals surface area contributed by atoms with Crippen LogP contribution in [0.15, 0.2) is 23.1 Å². The van der Waals surface area contributed by atoms with Gasteiger partial charge in [-0.1, -0.05) is 27.7 Å². The summed E-state index contributed by atoms with van der Waals surface area (Å²) in [6, 6.07) is 4.40. The van der Waals surface area contributed by atoms with Crippen LogP contribution in [-0.4, -0.2) is 45.5 Å². The van der Waals surface area contributed by atoms with Crippen molar-refractivity contribution in [2.75, 3.05) is 26.8 Å². The second-order valence-electron chi connectivity index (χ2n) is 7.63. The van der Waals surface area contributed by atoms with Gasteiger partial charge in [0.15, 0.2) is 0 Å². The molecule has 0 N–H and O–H groups in total. The van der Waals surface area contributed by atoms with E-state index in [-0.39, 0.29) is 28.7 Å². The van der Waals surface area contributed by atoms with E-state index in [1.807, 2.05) is 13.8 Å². The van der Waals surface area contributed by atoms with Gasteiger partial charge < -0.3 is 9.47 Å². The van der Waals surface area contributed by atoms with Crippen LogP contribution in [0.5, 0.6) is 5.75 Å². The van der Waals surface area contributed by atoms with Crippen LogP contribution in [0, 0.1) is 17.8 Å². The van der Waals surface area contributed by atoms with E-state index in [0.29, 0.717) is 24.9 Å². The number of piperidine rings is 1. The Morgan fingerprint density at radius 3 is 2.38 bits per heavy atom. The molecule has 0 spiro atoms. The molecule has 2 rings (SSSR count). The highest BCUT2D eigenvalue weighted by molar-refractivity contribution is 7.89. The largest absolute Gasteiger partial charge is 0.495 e. The average molecular weight is 384 g/mol. The van der Waals surface area contributed by atoms with E-state index in [4.69, 9.17) is 9.47 Å². The molecule has 0 radical (unpaired) electrons. The first-order valence-electron chi connectivity index (χ1n) is 9.00. The number of carbonyl (C=O) groups excluding carboxylic acids is 1. The molecule has 1 aromatic carbocycles. The van der Waals surface area contributed by atoms with E-state index in [1.54, 1.807) is 0 Å². The molecule has 1 saturated heterocycles. The van der Waals surface area contributed by atoms with Gasteiger partial charge in [-0.3, -0.25) is 0 Å². The maximum Gasteiger partial charge on any atom is 0.338 e. The third-order valence-electron chi connectivity index (χ3n) is 4.40. The maximum absolute atomic E-state index is 13.2. The molecule has 1 aromatic rings. The van der Waals surface area contributed by atoms with Crippen molar-refractivity contribution < 1.29 is 22.7 Å². The van der Waals surface area contributed by atoms with Crippen molar-refractivity contribution in [2.45, 2.75) is 39.0 Å². The normalized spacial score (nSPS) is 21.6. The summed E-state index contributed by atoms with van der Waals surface area (Å²) in [4.78, 5) is 12.3. The van der Waals surface area contributed by atoms with Gasteiger partial charge in [0.25, 0.3) is 0 Å². The van der Waals surface area contributed by atoms with Crippen LogP contribution in [0.2, 0.25) is 0 Å². The van der Waals surface area contributed by atoms with Gasteiger partial charge in [0, 0.05) is 13.1 Å². The fraction of sp³-hybridized carbons (Fsp3) is 0.632. The minimum Gasteiger partial charge on any atom is -0.495 e. The zero-order valence-corrected chi connectivity index (χ0v) is 17.0. The average Bonchev–Trinajstić information content (AvgIpc) is 2.58. The van der Waals surface area contributed by atoms with Crippen LogP contribution in [0.25, 0.3) is 0 Å². The second kappa shape index (κ2) is 8.39. The van der Waals surface area contributed by atoms with Crippen LogP contribution in [0.1, 0.15) is 44.5 Å². The van der Waals surface area contributed by atoms with E-state index >= 15 is 0 Å². The minimum absolute atomic E-state index is 0.0142. The van der Waals surface area contributed by atoms with Crippen LogP contribution >= 0.6 is 0 Å². The molecule has 0 amide bonds. The SMILES string of the molecule is COc1ccc(C(=O)OCC(C)C)cc1S(=O)(=O)N1CC(C)CC(C)C1. The van der Waals surface area contributed by atoms with Crippen molar-refractivity contribution in [2.24, 2.45) is 17.8 Å². The topological polar surface area (TPSA) is 72.9 Å². The first kappa shape index (κ1) is 20.7. The number of methoxy groups -OCH3 is 1. The van der Waals surface area contributed by atoms with E-state index in [0.717, 1.165) is 6.42 Å². The molecule has 6 nitrogen and oxygen atoms in total. The third-order valence-corrected chi connectivity index (χ3v) is 6.25. The molecular weight excluding hydrogens is 354 g/mol. The Bertz CT molecular complexity index is 734. The predicted molar refractivity (Wildman–Crippen MR) is 99.8 cm³/mol. The number of sulfonamides is 1.